The van der Waals surface area contributed by atoms with Gasteiger partial charge in [0.05, 0.1) is 5.75 Å². The topological polar surface area (TPSA) is 98.1 Å². The first-order chi connectivity index (χ1) is 16.9. The molecule has 2 aromatic rings. The van der Waals surface area contributed by atoms with Gasteiger partial charge in [0.15, 0.2) is 22.5 Å². The van der Waals surface area contributed by atoms with E-state index in [-0.39, 0.29) is 23.6 Å². The quantitative estimate of drug-likeness (QED) is 0.399. The van der Waals surface area contributed by atoms with Crippen molar-refractivity contribution in [1.29, 1.82) is 0 Å². The number of nitrogens with zero attached hydrogens (tertiary/aromatic N) is 3. The van der Waals surface area contributed by atoms with Gasteiger partial charge in [0.25, 0.3) is 0 Å². The van der Waals surface area contributed by atoms with Crippen molar-refractivity contribution >= 4 is 23.7 Å². The average Bonchev–Trinajstić information content (AvgIpc) is 3.17. The van der Waals surface area contributed by atoms with Crippen LogP contribution in [0.5, 0.6) is 5.75 Å². The van der Waals surface area contributed by atoms with Crippen molar-refractivity contribution in [3.05, 3.63) is 48.6 Å². The number of carbonyl (C=O) groups excluding carboxylic acids is 2. The first-order valence-corrected chi connectivity index (χ1v) is 13.1. The second-order valence-electron chi connectivity index (χ2n) is 10.0. The van der Waals surface area contributed by atoms with Crippen LogP contribution in [0.4, 0.5) is 9.18 Å². The summed E-state index contributed by atoms with van der Waals surface area (Å²) in [5.74, 6) is 1.89. The molecule has 3 amide bonds. The molecule has 0 saturated heterocycles. The maximum absolute atomic E-state index is 13.8. The third-order valence-electron chi connectivity index (χ3n) is 7.30. The smallest absolute Gasteiger partial charge is 0.321 e. The fourth-order valence-corrected chi connectivity index (χ4v) is 7.14. The van der Waals surface area contributed by atoms with E-state index >= 15 is 0 Å². The molecule has 4 aliphatic carbocycles. The molecule has 0 radical (unpaired) electrons. The lowest BCUT2D eigenvalue weighted by molar-refractivity contribution is -0.117. The van der Waals surface area contributed by atoms with Crippen LogP contribution in [0.25, 0.3) is 0 Å². The van der Waals surface area contributed by atoms with Gasteiger partial charge < -0.3 is 10.1 Å². The number of carbonyl (C=O) groups is 2. The van der Waals surface area contributed by atoms with Crippen LogP contribution in [0.3, 0.4) is 0 Å². The molecule has 0 aliphatic heterocycles. The van der Waals surface area contributed by atoms with Gasteiger partial charge in [0.1, 0.15) is 6.61 Å². The fourth-order valence-electron chi connectivity index (χ4n) is 6.38. The largest absolute Gasteiger partial charge is 0.483 e. The maximum atomic E-state index is 13.8. The Morgan fingerprint density at radius 2 is 1.86 bits per heavy atom. The number of amides is 3. The first kappa shape index (κ1) is 23.8. The zero-order valence-corrected chi connectivity index (χ0v) is 20.4. The molecular weight excluding hydrogens is 469 g/mol. The number of allylic oxidation sites excluding steroid dienone is 1. The van der Waals surface area contributed by atoms with Crippen LogP contribution in [0, 0.1) is 23.6 Å². The zero-order valence-electron chi connectivity index (χ0n) is 19.5. The first-order valence-electron chi connectivity index (χ1n) is 12.1. The van der Waals surface area contributed by atoms with Crippen molar-refractivity contribution in [3.8, 4) is 5.75 Å². The summed E-state index contributed by atoms with van der Waals surface area (Å²) in [6.45, 7) is 4.17. The van der Waals surface area contributed by atoms with E-state index in [9.17, 15) is 14.0 Å². The van der Waals surface area contributed by atoms with Crippen molar-refractivity contribution in [1.82, 2.24) is 25.4 Å². The van der Waals surface area contributed by atoms with Crippen LogP contribution in [0.15, 0.2) is 42.1 Å². The molecule has 0 unspecified atom stereocenters. The van der Waals surface area contributed by atoms with Gasteiger partial charge in [0, 0.05) is 12.1 Å². The number of hydrogen-bond acceptors (Lipinski definition) is 6. The monoisotopic (exact) mass is 499 g/mol. The highest BCUT2D eigenvalue weighted by molar-refractivity contribution is 7.99. The predicted octanol–water partition coefficient (Wildman–Crippen LogP) is 4.07. The van der Waals surface area contributed by atoms with E-state index in [1.54, 1.807) is 22.8 Å². The van der Waals surface area contributed by atoms with E-state index < -0.39 is 17.8 Å². The molecule has 1 aromatic carbocycles. The van der Waals surface area contributed by atoms with E-state index in [4.69, 9.17) is 4.74 Å². The van der Waals surface area contributed by atoms with Crippen LogP contribution in [0.2, 0.25) is 0 Å². The summed E-state index contributed by atoms with van der Waals surface area (Å²) in [6, 6.07) is 5.72. The van der Waals surface area contributed by atoms with Crippen LogP contribution in [-0.4, -0.2) is 38.0 Å². The molecule has 2 N–H and O–H groups in total. The summed E-state index contributed by atoms with van der Waals surface area (Å²) in [7, 11) is 0. The van der Waals surface area contributed by atoms with Crippen molar-refractivity contribution in [2.24, 2.45) is 17.8 Å². The highest BCUT2D eigenvalue weighted by Crippen LogP contribution is 2.55. The number of urea groups is 1. The Morgan fingerprint density at radius 3 is 2.51 bits per heavy atom. The number of imide groups is 1. The van der Waals surface area contributed by atoms with Crippen molar-refractivity contribution < 1.29 is 18.7 Å². The minimum Gasteiger partial charge on any atom is -0.483 e. The molecule has 35 heavy (non-hydrogen) atoms. The molecule has 8 nitrogen and oxygen atoms in total. The lowest BCUT2D eigenvalue weighted by Crippen LogP contribution is -2.61. The second-order valence-corrected chi connectivity index (χ2v) is 10.9. The zero-order chi connectivity index (χ0) is 24.4. The Morgan fingerprint density at radius 1 is 1.17 bits per heavy atom. The lowest BCUT2D eigenvalue weighted by Gasteiger charge is -2.56. The number of benzene rings is 1. The fraction of sp³-hybridized carbons (Fsp3) is 0.520. The Hall–Kier alpha value is -2.88. The second kappa shape index (κ2) is 10.0. The highest BCUT2D eigenvalue weighted by Gasteiger charge is 2.51. The highest BCUT2D eigenvalue weighted by atomic mass is 32.2. The van der Waals surface area contributed by atoms with Crippen LogP contribution in [-0.2, 0) is 17.9 Å². The number of ether oxygens (including phenoxy) is 1. The SMILES string of the molecule is C=CCn1c(COc2ccccc2F)nnc1SCC(=O)NC(=O)NC12CC3CC(CC(C3)C1)C2. The van der Waals surface area contributed by atoms with Gasteiger partial charge in [-0.15, -0.1) is 16.8 Å². The van der Waals surface area contributed by atoms with Crippen molar-refractivity contribution in [3.63, 3.8) is 0 Å². The number of hydrogen-bond donors (Lipinski definition) is 2. The van der Waals surface area contributed by atoms with E-state index in [1.165, 1.54) is 43.2 Å². The summed E-state index contributed by atoms with van der Waals surface area (Å²) >= 11 is 1.17. The number of nitrogens with one attached hydrogen (secondary N) is 2. The molecule has 6 rings (SSSR count). The summed E-state index contributed by atoms with van der Waals surface area (Å²) < 4.78 is 21.1. The summed E-state index contributed by atoms with van der Waals surface area (Å²) in [6.07, 6.45) is 8.62. The van der Waals surface area contributed by atoms with Gasteiger partial charge in [-0.05, 0) is 68.4 Å². The van der Waals surface area contributed by atoms with E-state index in [0.29, 0.717) is 35.3 Å². The normalized spacial score (nSPS) is 26.4. The van der Waals surface area contributed by atoms with E-state index in [1.807, 2.05) is 0 Å². The molecule has 4 saturated carbocycles. The Kier molecular flexibility index (Phi) is 6.82. The Labute approximate surface area is 208 Å². The van der Waals surface area contributed by atoms with Gasteiger partial charge in [-0.1, -0.05) is 30.0 Å². The minimum atomic E-state index is -0.458. The Bertz CT molecular complexity index is 1080. The minimum absolute atomic E-state index is 0.0116. The Balaban J connectivity index is 1.14. The predicted molar refractivity (Wildman–Crippen MR) is 129 cm³/mol. The lowest BCUT2D eigenvalue weighted by atomic mass is 9.53. The molecular formula is C25H30FN5O3S. The number of rotatable bonds is 9. The maximum Gasteiger partial charge on any atom is 0.321 e. The van der Waals surface area contributed by atoms with Gasteiger partial charge in [-0.2, -0.15) is 0 Å². The van der Waals surface area contributed by atoms with Gasteiger partial charge in [-0.3, -0.25) is 14.7 Å². The number of thioether (sulfide) groups is 1. The van der Waals surface area contributed by atoms with Crippen LogP contribution >= 0.6 is 11.8 Å². The summed E-state index contributed by atoms with van der Waals surface area (Å²) in [5, 5.41) is 14.4. The van der Waals surface area contributed by atoms with E-state index in [0.717, 1.165) is 19.3 Å². The number of halogens is 1. The molecule has 4 bridgehead atoms. The van der Waals surface area contributed by atoms with Crippen LogP contribution in [0.1, 0.15) is 44.3 Å². The van der Waals surface area contributed by atoms with Gasteiger partial charge >= 0.3 is 6.03 Å². The molecule has 10 heteroatoms. The molecule has 0 atom stereocenters. The third kappa shape index (κ3) is 5.37. The van der Waals surface area contributed by atoms with Crippen molar-refractivity contribution in [2.75, 3.05) is 5.75 Å². The molecule has 0 spiro atoms. The number of aromatic nitrogens is 3. The molecule has 4 fully saturated rings. The van der Waals surface area contributed by atoms with Gasteiger partial charge in [-0.25, -0.2) is 9.18 Å². The third-order valence-corrected chi connectivity index (χ3v) is 8.27. The number of para-hydroxylation sites is 1. The molecule has 1 aromatic heterocycles. The summed E-state index contributed by atoms with van der Waals surface area (Å²) in [5.41, 5.74) is -0.149. The standard InChI is InChI=1S/C25H30FN5O3S/c1-2-7-31-21(14-34-20-6-4-3-5-19(20)26)29-30-24(31)35-15-22(32)27-23(33)28-25-11-16-8-17(12-25)10-18(9-16)13-25/h2-6,16-18H,1,7-15H2,(H2,27,28,32,33). The van der Waals surface area contributed by atoms with Gasteiger partial charge in [0.2, 0.25) is 5.91 Å². The molecule has 4 aliphatic rings. The molecule has 186 valence electrons. The van der Waals surface area contributed by atoms with Crippen molar-refractivity contribution in [2.45, 2.75) is 62.4 Å². The van der Waals surface area contributed by atoms with E-state index in [2.05, 4.69) is 27.4 Å². The summed E-state index contributed by atoms with van der Waals surface area (Å²) in [4.78, 5) is 25.1. The average molecular weight is 500 g/mol. The van der Waals surface area contributed by atoms with Crippen LogP contribution < -0.4 is 15.4 Å². The molecule has 1 heterocycles.